The lowest BCUT2D eigenvalue weighted by molar-refractivity contribution is 0.691. The van der Waals surface area contributed by atoms with Crippen molar-refractivity contribution in [1.82, 2.24) is 0 Å². The smallest absolute Gasteiger partial charge is 0.0716 e. The van der Waals surface area contributed by atoms with Crippen molar-refractivity contribution in [2.45, 2.75) is 4.90 Å². The fraction of sp³-hybridized carbons (Fsp3) is 0.273. The summed E-state index contributed by atoms with van der Waals surface area (Å²) in [7, 11) is -0.892. The monoisotopic (exact) mass is 258 g/mol. The van der Waals surface area contributed by atoms with Gasteiger partial charge in [0.2, 0.25) is 0 Å². The minimum absolute atomic E-state index is 0.892. The summed E-state index contributed by atoms with van der Waals surface area (Å²) in [5, 5.41) is 0. The van der Waals surface area contributed by atoms with E-state index >= 15 is 0 Å². The van der Waals surface area contributed by atoms with Crippen LogP contribution >= 0.6 is 23.5 Å². The van der Waals surface area contributed by atoms with Crippen molar-refractivity contribution in [3.8, 4) is 0 Å². The van der Waals surface area contributed by atoms with Crippen molar-refractivity contribution in [1.29, 1.82) is 0 Å². The number of hydrogen-bond acceptors (Lipinski definition) is 3. The minimum atomic E-state index is -0.892. The van der Waals surface area contributed by atoms with E-state index in [4.69, 9.17) is 0 Å². The Bertz CT molecular complexity index is 368. The zero-order chi connectivity index (χ0) is 11.3. The molecular weight excluding hydrogens is 244 g/mol. The van der Waals surface area contributed by atoms with Gasteiger partial charge in [0.05, 0.1) is 15.0 Å². The summed E-state index contributed by atoms with van der Waals surface area (Å²) in [6.45, 7) is 0. The van der Waals surface area contributed by atoms with Gasteiger partial charge in [0.1, 0.15) is 0 Å². The van der Waals surface area contributed by atoms with Crippen LogP contribution in [0.1, 0.15) is 5.56 Å². The SMILES string of the molecule is CSC(=Cc1ccc(SC)cc1)S(C)=O. The summed E-state index contributed by atoms with van der Waals surface area (Å²) in [4.78, 5) is 1.25. The van der Waals surface area contributed by atoms with E-state index in [9.17, 15) is 4.21 Å². The van der Waals surface area contributed by atoms with Gasteiger partial charge in [-0.15, -0.1) is 23.5 Å². The first-order valence-corrected chi connectivity index (χ1v) is 8.41. The number of rotatable bonds is 4. The highest BCUT2D eigenvalue weighted by Crippen LogP contribution is 2.21. The van der Waals surface area contributed by atoms with Gasteiger partial charge in [-0.05, 0) is 36.3 Å². The maximum Gasteiger partial charge on any atom is 0.0716 e. The highest BCUT2D eigenvalue weighted by molar-refractivity contribution is 8.16. The molecule has 0 saturated heterocycles. The quantitative estimate of drug-likeness (QED) is 0.770. The molecule has 0 saturated carbocycles. The van der Waals surface area contributed by atoms with E-state index in [0.717, 1.165) is 9.80 Å². The Kier molecular flexibility index (Phi) is 5.50. The van der Waals surface area contributed by atoms with Crippen LogP contribution in [0.3, 0.4) is 0 Å². The largest absolute Gasteiger partial charge is 0.254 e. The molecule has 1 nitrogen and oxygen atoms in total. The highest BCUT2D eigenvalue weighted by atomic mass is 32.2. The predicted octanol–water partition coefficient (Wildman–Crippen LogP) is 3.45. The molecule has 15 heavy (non-hydrogen) atoms. The molecular formula is C11H14OS3. The maximum atomic E-state index is 11.3. The van der Waals surface area contributed by atoms with Gasteiger partial charge < -0.3 is 0 Å². The molecule has 0 aliphatic rings. The second kappa shape index (κ2) is 6.40. The van der Waals surface area contributed by atoms with Crippen LogP contribution < -0.4 is 0 Å². The molecule has 0 aliphatic carbocycles. The van der Waals surface area contributed by atoms with Gasteiger partial charge in [-0.1, -0.05) is 12.1 Å². The van der Waals surface area contributed by atoms with Crippen molar-refractivity contribution < 1.29 is 4.21 Å². The molecule has 0 fully saturated rings. The predicted molar refractivity (Wildman–Crippen MR) is 73.8 cm³/mol. The van der Waals surface area contributed by atoms with E-state index in [1.165, 1.54) is 16.7 Å². The molecule has 0 amide bonds. The van der Waals surface area contributed by atoms with E-state index in [-0.39, 0.29) is 0 Å². The Morgan fingerprint density at radius 3 is 2.27 bits per heavy atom. The molecule has 1 rings (SSSR count). The van der Waals surface area contributed by atoms with Crippen molar-refractivity contribution in [3.05, 3.63) is 34.1 Å². The molecule has 1 atom stereocenters. The van der Waals surface area contributed by atoms with Gasteiger partial charge in [-0.3, -0.25) is 4.21 Å². The lowest BCUT2D eigenvalue weighted by Gasteiger charge is -2.01. The number of hydrogen-bond donors (Lipinski definition) is 0. The molecule has 1 aromatic rings. The van der Waals surface area contributed by atoms with Gasteiger partial charge >= 0.3 is 0 Å². The zero-order valence-electron chi connectivity index (χ0n) is 9.02. The molecule has 0 heterocycles. The topological polar surface area (TPSA) is 17.1 Å². The lowest BCUT2D eigenvalue weighted by Crippen LogP contribution is -1.86. The third-order valence-corrected chi connectivity index (χ3v) is 5.04. The summed E-state index contributed by atoms with van der Waals surface area (Å²) >= 11 is 3.26. The van der Waals surface area contributed by atoms with Gasteiger partial charge in [0.15, 0.2) is 0 Å². The van der Waals surface area contributed by atoms with Crippen LogP contribution in [0.25, 0.3) is 6.08 Å². The standard InChI is InChI=1S/C11H14OS3/c1-13-10-6-4-9(5-7-10)8-11(14-2)15(3)12/h4-8H,1-3H3. The third-order valence-electron chi connectivity index (χ3n) is 1.88. The van der Waals surface area contributed by atoms with Crippen LogP contribution in [-0.2, 0) is 10.8 Å². The third kappa shape index (κ3) is 4.05. The number of benzene rings is 1. The van der Waals surface area contributed by atoms with E-state index in [0.29, 0.717) is 0 Å². The van der Waals surface area contributed by atoms with E-state index in [1.807, 2.05) is 12.3 Å². The van der Waals surface area contributed by atoms with Crippen molar-refractivity contribution in [2.24, 2.45) is 0 Å². The first-order chi connectivity index (χ1) is 7.17. The normalized spacial score (nSPS) is 13.9. The summed E-state index contributed by atoms with van der Waals surface area (Å²) in [5.74, 6) is 0. The lowest BCUT2D eigenvalue weighted by atomic mass is 10.2. The van der Waals surface area contributed by atoms with Crippen LogP contribution in [0, 0.1) is 0 Å². The average Bonchev–Trinajstić information content (AvgIpc) is 2.26. The van der Waals surface area contributed by atoms with Crippen LogP contribution in [-0.4, -0.2) is 23.0 Å². The van der Waals surface area contributed by atoms with Crippen LogP contribution in [0.5, 0.6) is 0 Å². The summed E-state index contributed by atoms with van der Waals surface area (Å²) in [6, 6.07) is 8.25. The Morgan fingerprint density at radius 1 is 1.27 bits per heavy atom. The van der Waals surface area contributed by atoms with Gasteiger partial charge in [-0.2, -0.15) is 0 Å². The van der Waals surface area contributed by atoms with Gasteiger partial charge in [-0.25, -0.2) is 0 Å². The van der Waals surface area contributed by atoms with Crippen LogP contribution in [0.15, 0.2) is 33.4 Å². The Hall–Kier alpha value is -0.190. The Balaban J connectivity index is 2.92. The van der Waals surface area contributed by atoms with Crippen molar-refractivity contribution >= 4 is 40.4 Å². The van der Waals surface area contributed by atoms with E-state index in [1.54, 1.807) is 18.0 Å². The Morgan fingerprint density at radius 2 is 1.87 bits per heavy atom. The second-order valence-corrected chi connectivity index (χ2v) is 6.23. The van der Waals surface area contributed by atoms with Crippen LogP contribution in [0.2, 0.25) is 0 Å². The molecule has 1 unspecified atom stereocenters. The molecule has 0 aliphatic heterocycles. The molecule has 0 spiro atoms. The molecule has 0 N–H and O–H groups in total. The fourth-order valence-corrected chi connectivity index (χ4v) is 3.00. The molecule has 0 aromatic heterocycles. The van der Waals surface area contributed by atoms with E-state index < -0.39 is 10.8 Å². The summed E-state index contributed by atoms with van der Waals surface area (Å²) in [6.07, 6.45) is 7.69. The van der Waals surface area contributed by atoms with Gasteiger partial charge in [0, 0.05) is 11.2 Å². The average molecular weight is 258 g/mol. The second-order valence-electron chi connectivity index (χ2n) is 2.89. The van der Waals surface area contributed by atoms with Crippen molar-refractivity contribution in [2.75, 3.05) is 18.8 Å². The molecule has 4 heteroatoms. The van der Waals surface area contributed by atoms with Crippen molar-refractivity contribution in [3.63, 3.8) is 0 Å². The summed E-state index contributed by atoms with van der Waals surface area (Å²) in [5.41, 5.74) is 1.10. The van der Waals surface area contributed by atoms with E-state index in [2.05, 4.69) is 30.5 Å². The summed E-state index contributed by atoms with van der Waals surface area (Å²) < 4.78 is 12.2. The molecule has 0 bridgehead atoms. The Labute approximate surface area is 102 Å². The highest BCUT2D eigenvalue weighted by Gasteiger charge is 2.00. The minimum Gasteiger partial charge on any atom is -0.254 e. The molecule has 1 aromatic carbocycles. The first-order valence-electron chi connectivity index (χ1n) is 4.40. The van der Waals surface area contributed by atoms with Crippen LogP contribution in [0.4, 0.5) is 0 Å². The van der Waals surface area contributed by atoms with Gasteiger partial charge in [0.25, 0.3) is 0 Å². The maximum absolute atomic E-state index is 11.3. The molecule has 0 radical (unpaired) electrons. The zero-order valence-corrected chi connectivity index (χ0v) is 11.5. The molecule has 82 valence electrons. The number of thioether (sulfide) groups is 2. The fourth-order valence-electron chi connectivity index (χ4n) is 1.10. The first kappa shape index (κ1) is 12.9.